The van der Waals surface area contributed by atoms with E-state index in [1.165, 1.54) is 0 Å². The van der Waals surface area contributed by atoms with Crippen LogP contribution in [0.1, 0.15) is 5.56 Å². The normalized spacial score (nSPS) is 11.3. The molecule has 9 rings (SSSR count). The fraction of sp³-hybridized carbons (Fsp3) is 0. The van der Waals surface area contributed by atoms with Gasteiger partial charge in [-0.3, -0.25) is 0 Å². The zero-order chi connectivity index (χ0) is 32.0. The molecule has 0 saturated heterocycles. The number of benzene rings is 7. The third kappa shape index (κ3) is 4.63. The van der Waals surface area contributed by atoms with Crippen molar-refractivity contribution in [2.24, 2.45) is 0 Å². The zero-order valence-corrected chi connectivity index (χ0v) is 25.7. The Bertz CT molecular complexity index is 2610. The van der Waals surface area contributed by atoms with Crippen LogP contribution in [0, 0.1) is 11.3 Å². The number of nitriles is 1. The van der Waals surface area contributed by atoms with Gasteiger partial charge in [-0.15, -0.1) is 0 Å². The van der Waals surface area contributed by atoms with Crippen LogP contribution in [0.2, 0.25) is 0 Å². The molecule has 0 aliphatic heterocycles. The van der Waals surface area contributed by atoms with Crippen LogP contribution in [0.25, 0.3) is 43.9 Å². The van der Waals surface area contributed by atoms with E-state index in [-0.39, 0.29) is 0 Å². The molecule has 0 bridgehead atoms. The molecule has 5 heteroatoms. The molecule has 0 atom stereocenters. The van der Waals surface area contributed by atoms with E-state index in [9.17, 15) is 5.26 Å². The van der Waals surface area contributed by atoms with E-state index in [1.807, 2.05) is 60.7 Å². The lowest BCUT2D eigenvalue weighted by molar-refractivity contribution is 0.669. The fourth-order valence-electron chi connectivity index (χ4n) is 6.65. The number of hydrogen-bond donors (Lipinski definition) is 0. The first-order valence-corrected chi connectivity index (χ1v) is 15.8. The summed E-state index contributed by atoms with van der Waals surface area (Å²) in [5.41, 5.74) is 9.71. The molecule has 48 heavy (non-hydrogen) atoms. The number of furan rings is 2. The molecule has 226 valence electrons. The molecular formula is C43H27N3O2. The second-order valence-corrected chi connectivity index (χ2v) is 11.7. The number of para-hydroxylation sites is 3. The van der Waals surface area contributed by atoms with Crippen LogP contribution in [0.3, 0.4) is 0 Å². The van der Waals surface area contributed by atoms with Crippen molar-refractivity contribution in [1.82, 2.24) is 0 Å². The second-order valence-electron chi connectivity index (χ2n) is 11.7. The molecule has 0 radical (unpaired) electrons. The van der Waals surface area contributed by atoms with Gasteiger partial charge in [-0.1, -0.05) is 60.7 Å². The number of hydrogen-bond acceptors (Lipinski definition) is 5. The van der Waals surface area contributed by atoms with Gasteiger partial charge in [-0.25, -0.2) is 0 Å². The van der Waals surface area contributed by atoms with Crippen LogP contribution >= 0.6 is 0 Å². The Labute approximate surface area is 276 Å². The highest BCUT2D eigenvalue weighted by Crippen LogP contribution is 2.42. The summed E-state index contributed by atoms with van der Waals surface area (Å²) in [4.78, 5) is 4.39. The Balaban J connectivity index is 1.19. The van der Waals surface area contributed by atoms with Crippen LogP contribution in [0.15, 0.2) is 173 Å². The predicted molar refractivity (Wildman–Crippen MR) is 195 cm³/mol. The minimum atomic E-state index is 0.584. The molecule has 0 aliphatic carbocycles. The summed E-state index contributed by atoms with van der Waals surface area (Å²) in [5.74, 6) is 0. The third-order valence-corrected chi connectivity index (χ3v) is 8.84. The smallest absolute Gasteiger partial charge is 0.137 e. The van der Waals surface area contributed by atoms with Crippen LogP contribution in [-0.4, -0.2) is 0 Å². The third-order valence-electron chi connectivity index (χ3n) is 8.84. The maximum Gasteiger partial charge on any atom is 0.137 e. The minimum Gasteiger partial charge on any atom is -0.456 e. The monoisotopic (exact) mass is 617 g/mol. The molecule has 2 heterocycles. The molecule has 0 unspecified atom stereocenters. The van der Waals surface area contributed by atoms with Gasteiger partial charge in [0.1, 0.15) is 22.3 Å². The molecule has 9 aromatic rings. The summed E-state index contributed by atoms with van der Waals surface area (Å²) in [6, 6.07) is 57.7. The molecule has 0 amide bonds. The van der Waals surface area contributed by atoms with E-state index in [4.69, 9.17) is 8.83 Å². The molecule has 0 saturated carbocycles. The maximum absolute atomic E-state index is 9.73. The van der Waals surface area contributed by atoms with Crippen molar-refractivity contribution >= 4 is 78.0 Å². The lowest BCUT2D eigenvalue weighted by atomic mass is 10.1. The number of nitrogens with zero attached hydrogens (tertiary/aromatic N) is 3. The van der Waals surface area contributed by atoms with Gasteiger partial charge in [0.15, 0.2) is 0 Å². The summed E-state index contributed by atoms with van der Waals surface area (Å²) in [6.45, 7) is 0. The molecule has 0 spiro atoms. The SMILES string of the molecule is N#Cc1cccc(N(c2ccc3c(c2)oc2ccccc23)c2ccc3c(c2)oc2ccc(N(c4ccccc4)c4ccccc4)cc23)c1. The highest BCUT2D eigenvalue weighted by Gasteiger charge is 2.19. The standard InChI is InChI=1S/C43H27N3O2/c44-28-29-10-9-15-32(24-29)46(34-18-21-37-36-16-7-8-17-40(36)47-42(37)26-34)35-19-22-38-39-25-33(20-23-41(39)48-43(38)27-35)45(30-11-3-1-4-12-30)31-13-5-2-6-14-31/h1-27H. The Morgan fingerprint density at radius 1 is 0.354 bits per heavy atom. The van der Waals surface area contributed by atoms with Crippen molar-refractivity contribution in [3.05, 3.63) is 169 Å². The summed E-state index contributed by atoms with van der Waals surface area (Å²) in [6.07, 6.45) is 0. The Hall–Kier alpha value is -6.77. The Kier molecular flexibility index (Phi) is 6.45. The van der Waals surface area contributed by atoms with Gasteiger partial charge in [0.25, 0.3) is 0 Å². The number of fused-ring (bicyclic) bond motifs is 6. The number of rotatable bonds is 6. The van der Waals surface area contributed by atoms with Crippen molar-refractivity contribution in [3.63, 3.8) is 0 Å². The van der Waals surface area contributed by atoms with E-state index in [2.05, 4.69) is 119 Å². The molecule has 5 nitrogen and oxygen atoms in total. The van der Waals surface area contributed by atoms with Crippen molar-refractivity contribution in [2.45, 2.75) is 0 Å². The summed E-state index contributed by atoms with van der Waals surface area (Å²) in [7, 11) is 0. The number of anilines is 6. The Morgan fingerprint density at radius 3 is 1.50 bits per heavy atom. The van der Waals surface area contributed by atoms with Gasteiger partial charge in [-0.2, -0.15) is 5.26 Å². The van der Waals surface area contributed by atoms with Crippen LogP contribution < -0.4 is 9.80 Å². The first kappa shape index (κ1) is 27.5. The van der Waals surface area contributed by atoms with E-state index >= 15 is 0 Å². The van der Waals surface area contributed by atoms with Crippen LogP contribution in [0.4, 0.5) is 34.1 Å². The Morgan fingerprint density at radius 2 is 0.833 bits per heavy atom. The topological polar surface area (TPSA) is 56.6 Å². The molecule has 2 aromatic heterocycles. The van der Waals surface area contributed by atoms with Gasteiger partial charge < -0.3 is 18.6 Å². The van der Waals surface area contributed by atoms with Crippen LogP contribution in [-0.2, 0) is 0 Å². The predicted octanol–water partition coefficient (Wildman–Crippen LogP) is 12.3. The summed E-state index contributed by atoms with van der Waals surface area (Å²) in [5, 5.41) is 13.9. The molecule has 0 N–H and O–H groups in total. The maximum atomic E-state index is 9.73. The molecule has 0 fully saturated rings. The van der Waals surface area contributed by atoms with Gasteiger partial charge in [0.05, 0.1) is 11.6 Å². The minimum absolute atomic E-state index is 0.584. The summed E-state index contributed by atoms with van der Waals surface area (Å²) < 4.78 is 12.8. The van der Waals surface area contributed by atoms with Crippen molar-refractivity contribution in [2.75, 3.05) is 9.80 Å². The zero-order valence-electron chi connectivity index (χ0n) is 25.7. The van der Waals surface area contributed by atoms with E-state index < -0.39 is 0 Å². The second kappa shape index (κ2) is 11.2. The van der Waals surface area contributed by atoms with Crippen molar-refractivity contribution < 1.29 is 8.83 Å². The van der Waals surface area contributed by atoms with Crippen LogP contribution in [0.5, 0.6) is 0 Å². The molecule has 0 aliphatic rings. The lowest BCUT2D eigenvalue weighted by Crippen LogP contribution is -2.10. The largest absolute Gasteiger partial charge is 0.456 e. The van der Waals surface area contributed by atoms with Gasteiger partial charge in [0, 0.05) is 67.8 Å². The first-order valence-electron chi connectivity index (χ1n) is 15.8. The highest BCUT2D eigenvalue weighted by molar-refractivity contribution is 6.08. The summed E-state index contributed by atoms with van der Waals surface area (Å²) >= 11 is 0. The molecule has 7 aromatic carbocycles. The van der Waals surface area contributed by atoms with Crippen molar-refractivity contribution in [3.8, 4) is 6.07 Å². The average molecular weight is 618 g/mol. The molecular weight excluding hydrogens is 590 g/mol. The first-order chi connectivity index (χ1) is 23.7. The van der Waals surface area contributed by atoms with E-state index in [1.54, 1.807) is 0 Å². The fourth-order valence-corrected chi connectivity index (χ4v) is 6.65. The lowest BCUT2D eigenvalue weighted by Gasteiger charge is -2.25. The van der Waals surface area contributed by atoms with Crippen molar-refractivity contribution in [1.29, 1.82) is 5.26 Å². The quantitative estimate of drug-likeness (QED) is 0.186. The van der Waals surface area contributed by atoms with Gasteiger partial charge >= 0.3 is 0 Å². The van der Waals surface area contributed by atoms with Gasteiger partial charge in [0.2, 0.25) is 0 Å². The highest BCUT2D eigenvalue weighted by atomic mass is 16.3. The van der Waals surface area contributed by atoms with E-state index in [0.29, 0.717) is 5.56 Å². The average Bonchev–Trinajstić information content (AvgIpc) is 3.70. The van der Waals surface area contributed by atoms with E-state index in [0.717, 1.165) is 78.0 Å². The van der Waals surface area contributed by atoms with Gasteiger partial charge in [-0.05, 0) is 91.0 Å².